The van der Waals surface area contributed by atoms with E-state index in [-0.39, 0.29) is 0 Å². The molecule has 0 spiro atoms. The van der Waals surface area contributed by atoms with E-state index in [0.717, 1.165) is 54.6 Å². The van der Waals surface area contributed by atoms with Gasteiger partial charge in [-0.3, -0.25) is 4.79 Å². The van der Waals surface area contributed by atoms with Gasteiger partial charge < -0.3 is 9.64 Å². The summed E-state index contributed by atoms with van der Waals surface area (Å²) < 4.78 is 5.48. The number of aryl methyl sites for hydroxylation is 1. The summed E-state index contributed by atoms with van der Waals surface area (Å²) in [5.74, 6) is 0. The predicted molar refractivity (Wildman–Crippen MR) is 69.1 cm³/mol. The van der Waals surface area contributed by atoms with Gasteiger partial charge in [-0.05, 0) is 12.8 Å². The van der Waals surface area contributed by atoms with Gasteiger partial charge in [0, 0.05) is 6.54 Å². The summed E-state index contributed by atoms with van der Waals surface area (Å²) >= 11 is 1.50. The third-order valence-electron chi connectivity index (χ3n) is 3.10. The summed E-state index contributed by atoms with van der Waals surface area (Å²) in [4.78, 5) is 18.6. The maximum atomic E-state index is 11.0. The quantitative estimate of drug-likeness (QED) is 0.772. The zero-order valence-corrected chi connectivity index (χ0v) is 11.1. The molecule has 0 aromatic carbocycles. The molecule has 1 aromatic rings. The Bertz CT molecular complexity index is 392. The lowest BCUT2D eigenvalue weighted by Crippen LogP contribution is -2.45. The van der Waals surface area contributed by atoms with Crippen molar-refractivity contribution in [1.29, 1.82) is 0 Å². The topological polar surface area (TPSA) is 42.4 Å². The van der Waals surface area contributed by atoms with Crippen molar-refractivity contribution >= 4 is 22.8 Å². The molecule has 0 amide bonds. The van der Waals surface area contributed by atoms with Crippen LogP contribution in [0.25, 0.3) is 0 Å². The first-order valence-electron chi connectivity index (χ1n) is 6.09. The van der Waals surface area contributed by atoms with Gasteiger partial charge in [0.15, 0.2) is 11.4 Å². The number of morpholine rings is 1. The van der Waals surface area contributed by atoms with E-state index in [9.17, 15) is 4.79 Å². The Balaban J connectivity index is 2.25. The van der Waals surface area contributed by atoms with Gasteiger partial charge in [-0.15, -0.1) is 0 Å². The fourth-order valence-corrected chi connectivity index (χ4v) is 3.13. The molecule has 2 heterocycles. The monoisotopic (exact) mass is 254 g/mol. The van der Waals surface area contributed by atoms with Crippen molar-refractivity contribution in [2.24, 2.45) is 0 Å². The van der Waals surface area contributed by atoms with Gasteiger partial charge >= 0.3 is 0 Å². The molecule has 0 N–H and O–H groups in total. The molecule has 1 atom stereocenters. The van der Waals surface area contributed by atoms with E-state index in [4.69, 9.17) is 4.74 Å². The first-order valence-corrected chi connectivity index (χ1v) is 6.91. The van der Waals surface area contributed by atoms with Crippen LogP contribution in [0.15, 0.2) is 0 Å². The van der Waals surface area contributed by atoms with E-state index in [2.05, 4.69) is 16.8 Å². The largest absolute Gasteiger partial charge is 0.377 e. The molecule has 0 radical (unpaired) electrons. The Hall–Kier alpha value is -0.940. The van der Waals surface area contributed by atoms with Crippen LogP contribution in [-0.4, -0.2) is 37.1 Å². The molecule has 1 aromatic heterocycles. The Morgan fingerprint density at radius 2 is 2.41 bits per heavy atom. The summed E-state index contributed by atoms with van der Waals surface area (Å²) in [5, 5.41) is 0.971. The average Bonchev–Trinajstić information content (AvgIpc) is 2.81. The molecular formula is C12H18N2O2S. The summed E-state index contributed by atoms with van der Waals surface area (Å²) in [6, 6.07) is 0.388. The minimum atomic E-state index is 0.388. The summed E-state index contributed by atoms with van der Waals surface area (Å²) in [6.07, 6.45) is 2.77. The Morgan fingerprint density at radius 3 is 3.00 bits per heavy atom. The fraction of sp³-hybridized carbons (Fsp3) is 0.667. The summed E-state index contributed by atoms with van der Waals surface area (Å²) in [7, 11) is 0. The third kappa shape index (κ3) is 2.50. The van der Waals surface area contributed by atoms with Gasteiger partial charge in [0.25, 0.3) is 0 Å². The fourth-order valence-electron chi connectivity index (χ4n) is 2.06. The van der Waals surface area contributed by atoms with E-state index < -0.39 is 0 Å². The lowest BCUT2D eigenvalue weighted by atomic mass is 10.2. The number of ether oxygens (including phenoxy) is 1. The van der Waals surface area contributed by atoms with Crippen molar-refractivity contribution in [2.75, 3.05) is 24.7 Å². The molecule has 2 rings (SSSR count). The van der Waals surface area contributed by atoms with Crippen molar-refractivity contribution in [1.82, 2.24) is 4.98 Å². The molecule has 1 fully saturated rings. The van der Waals surface area contributed by atoms with Crippen LogP contribution in [0.3, 0.4) is 0 Å². The molecule has 0 saturated carbocycles. The van der Waals surface area contributed by atoms with Crippen molar-refractivity contribution in [3.8, 4) is 0 Å². The standard InChI is InChI=1S/C12H18N2O2S/c1-3-9-8-16-6-5-14(9)12-13-10(4-2)11(7-15)17-12/h7,9H,3-6,8H2,1-2H3. The average molecular weight is 254 g/mol. The normalized spacial score (nSPS) is 20.6. The second kappa shape index (κ2) is 5.60. The SMILES string of the molecule is CCc1nc(N2CCOCC2CC)sc1C=O. The van der Waals surface area contributed by atoms with Crippen molar-refractivity contribution in [3.05, 3.63) is 10.6 Å². The van der Waals surface area contributed by atoms with Crippen LogP contribution in [0.4, 0.5) is 5.13 Å². The number of nitrogens with zero attached hydrogens (tertiary/aromatic N) is 2. The molecule has 0 aliphatic carbocycles. The number of hydrogen-bond acceptors (Lipinski definition) is 5. The number of thiazole rings is 1. The second-order valence-electron chi connectivity index (χ2n) is 4.11. The van der Waals surface area contributed by atoms with E-state index in [1.165, 1.54) is 11.3 Å². The molecule has 17 heavy (non-hydrogen) atoms. The van der Waals surface area contributed by atoms with Gasteiger partial charge in [-0.2, -0.15) is 0 Å². The number of anilines is 1. The number of hydrogen-bond donors (Lipinski definition) is 0. The number of carbonyl (C=O) groups excluding carboxylic acids is 1. The number of carbonyl (C=O) groups is 1. The Morgan fingerprint density at radius 1 is 1.59 bits per heavy atom. The van der Waals surface area contributed by atoms with Crippen molar-refractivity contribution in [3.63, 3.8) is 0 Å². The molecule has 94 valence electrons. The summed E-state index contributed by atoms with van der Waals surface area (Å²) in [5.41, 5.74) is 0.918. The Kier molecular flexibility index (Phi) is 4.12. The molecule has 1 unspecified atom stereocenters. The molecule has 1 aliphatic rings. The highest BCUT2D eigenvalue weighted by Crippen LogP contribution is 2.28. The highest BCUT2D eigenvalue weighted by Gasteiger charge is 2.25. The van der Waals surface area contributed by atoms with Gasteiger partial charge in [0.1, 0.15) is 0 Å². The van der Waals surface area contributed by atoms with Gasteiger partial charge in [0.05, 0.1) is 29.8 Å². The maximum Gasteiger partial charge on any atom is 0.186 e. The summed E-state index contributed by atoms with van der Waals surface area (Å²) in [6.45, 7) is 6.55. The van der Waals surface area contributed by atoms with E-state index in [1.54, 1.807) is 0 Å². The zero-order valence-electron chi connectivity index (χ0n) is 10.3. The van der Waals surface area contributed by atoms with Crippen LogP contribution in [0.2, 0.25) is 0 Å². The van der Waals surface area contributed by atoms with Crippen LogP contribution in [0, 0.1) is 0 Å². The highest BCUT2D eigenvalue weighted by atomic mass is 32.1. The third-order valence-corrected chi connectivity index (χ3v) is 4.16. The van der Waals surface area contributed by atoms with Gasteiger partial charge in [-0.1, -0.05) is 25.2 Å². The van der Waals surface area contributed by atoms with Gasteiger partial charge in [0.2, 0.25) is 0 Å². The second-order valence-corrected chi connectivity index (χ2v) is 5.12. The van der Waals surface area contributed by atoms with Crippen LogP contribution in [0.1, 0.15) is 35.6 Å². The molecule has 1 aliphatic heterocycles. The van der Waals surface area contributed by atoms with Crippen LogP contribution < -0.4 is 4.90 Å². The first kappa shape index (κ1) is 12.5. The first-order chi connectivity index (χ1) is 8.30. The lowest BCUT2D eigenvalue weighted by molar-refractivity contribution is 0.0929. The molecule has 0 bridgehead atoms. The maximum absolute atomic E-state index is 11.0. The predicted octanol–water partition coefficient (Wildman–Crippen LogP) is 2.13. The minimum Gasteiger partial charge on any atom is -0.377 e. The smallest absolute Gasteiger partial charge is 0.186 e. The van der Waals surface area contributed by atoms with Gasteiger partial charge in [-0.25, -0.2) is 4.98 Å². The number of aldehydes is 1. The van der Waals surface area contributed by atoms with E-state index in [0.29, 0.717) is 6.04 Å². The number of aromatic nitrogens is 1. The van der Waals surface area contributed by atoms with Crippen molar-refractivity contribution in [2.45, 2.75) is 32.7 Å². The molecular weight excluding hydrogens is 236 g/mol. The Labute approximate surface area is 106 Å². The van der Waals surface area contributed by atoms with Crippen LogP contribution in [0.5, 0.6) is 0 Å². The van der Waals surface area contributed by atoms with Crippen molar-refractivity contribution < 1.29 is 9.53 Å². The van der Waals surface area contributed by atoms with E-state index in [1.807, 2.05) is 6.92 Å². The molecule has 5 heteroatoms. The van der Waals surface area contributed by atoms with Crippen LogP contribution in [-0.2, 0) is 11.2 Å². The van der Waals surface area contributed by atoms with Crippen LogP contribution >= 0.6 is 11.3 Å². The lowest BCUT2D eigenvalue weighted by Gasteiger charge is -2.34. The highest BCUT2D eigenvalue weighted by molar-refractivity contribution is 7.17. The number of rotatable bonds is 4. The van der Waals surface area contributed by atoms with E-state index >= 15 is 0 Å². The molecule has 1 saturated heterocycles. The minimum absolute atomic E-state index is 0.388. The zero-order chi connectivity index (χ0) is 12.3. The molecule has 4 nitrogen and oxygen atoms in total.